The van der Waals surface area contributed by atoms with Crippen LogP contribution < -0.4 is 15.4 Å². The van der Waals surface area contributed by atoms with Crippen molar-refractivity contribution in [3.05, 3.63) is 53.5 Å². The highest BCUT2D eigenvalue weighted by molar-refractivity contribution is 6.39. The van der Waals surface area contributed by atoms with Crippen molar-refractivity contribution in [2.45, 2.75) is 13.5 Å². The second-order valence-corrected chi connectivity index (χ2v) is 4.79. The Kier molecular flexibility index (Phi) is 5.24. The minimum Gasteiger partial charge on any atom is -0.481 e. The fourth-order valence-corrected chi connectivity index (χ4v) is 1.91. The second kappa shape index (κ2) is 7.35. The summed E-state index contributed by atoms with van der Waals surface area (Å²) in [5.74, 6) is -2.07. The van der Waals surface area contributed by atoms with Gasteiger partial charge in [-0.2, -0.15) is 0 Å². The van der Waals surface area contributed by atoms with Crippen molar-refractivity contribution in [2.24, 2.45) is 0 Å². The zero-order valence-electron chi connectivity index (χ0n) is 12.7. The van der Waals surface area contributed by atoms with Gasteiger partial charge >= 0.3 is 11.8 Å². The summed E-state index contributed by atoms with van der Waals surface area (Å²) in [4.78, 5) is 27.6. The molecule has 0 aliphatic rings. The first kappa shape index (κ1) is 16.4. The third-order valence-corrected chi connectivity index (χ3v) is 3.06. The van der Waals surface area contributed by atoms with Crippen molar-refractivity contribution in [1.29, 1.82) is 0 Å². The molecule has 120 valence electrons. The summed E-state index contributed by atoms with van der Waals surface area (Å²) in [6.45, 7) is 1.82. The number of halogens is 1. The smallest absolute Gasteiger partial charge is 0.313 e. The summed E-state index contributed by atoms with van der Waals surface area (Å²) in [5, 5.41) is 4.68. The average molecular weight is 317 g/mol. The SMILES string of the molecule is COc1ncccc1CNC(=O)C(=O)Nc1cc(C)ccc1F. The third-order valence-electron chi connectivity index (χ3n) is 3.06. The summed E-state index contributed by atoms with van der Waals surface area (Å²) in [5.41, 5.74) is 1.35. The van der Waals surface area contributed by atoms with Crippen molar-refractivity contribution >= 4 is 17.5 Å². The number of aromatic nitrogens is 1. The van der Waals surface area contributed by atoms with Crippen LogP contribution in [0.4, 0.5) is 10.1 Å². The maximum Gasteiger partial charge on any atom is 0.313 e. The van der Waals surface area contributed by atoms with Gasteiger partial charge in [-0.3, -0.25) is 9.59 Å². The zero-order chi connectivity index (χ0) is 16.8. The van der Waals surface area contributed by atoms with Crippen LogP contribution >= 0.6 is 0 Å². The van der Waals surface area contributed by atoms with Gasteiger partial charge in [-0.1, -0.05) is 12.1 Å². The van der Waals surface area contributed by atoms with E-state index in [0.717, 1.165) is 5.56 Å². The molecule has 0 saturated heterocycles. The molecule has 7 heteroatoms. The van der Waals surface area contributed by atoms with Gasteiger partial charge in [0.25, 0.3) is 0 Å². The van der Waals surface area contributed by atoms with Gasteiger partial charge in [0.1, 0.15) is 5.82 Å². The van der Waals surface area contributed by atoms with Gasteiger partial charge < -0.3 is 15.4 Å². The largest absolute Gasteiger partial charge is 0.481 e. The number of hydrogen-bond acceptors (Lipinski definition) is 4. The Balaban J connectivity index is 1.98. The number of anilines is 1. The van der Waals surface area contributed by atoms with E-state index >= 15 is 0 Å². The molecule has 2 amide bonds. The molecule has 2 rings (SSSR count). The van der Waals surface area contributed by atoms with Crippen LogP contribution in [0.2, 0.25) is 0 Å². The number of amides is 2. The summed E-state index contributed by atoms with van der Waals surface area (Å²) in [6.07, 6.45) is 1.55. The molecule has 0 aliphatic carbocycles. The molecule has 0 atom stereocenters. The first-order chi connectivity index (χ1) is 11.0. The summed E-state index contributed by atoms with van der Waals surface area (Å²) >= 11 is 0. The Morgan fingerprint density at radius 3 is 2.78 bits per heavy atom. The Hall–Kier alpha value is -2.96. The highest BCUT2D eigenvalue weighted by Crippen LogP contribution is 2.16. The molecule has 0 unspecified atom stereocenters. The lowest BCUT2D eigenvalue weighted by Gasteiger charge is -2.09. The van der Waals surface area contributed by atoms with Gasteiger partial charge in [-0.25, -0.2) is 9.37 Å². The van der Waals surface area contributed by atoms with Crippen molar-refractivity contribution in [3.8, 4) is 5.88 Å². The highest BCUT2D eigenvalue weighted by Gasteiger charge is 2.16. The van der Waals surface area contributed by atoms with E-state index in [-0.39, 0.29) is 12.2 Å². The van der Waals surface area contributed by atoms with E-state index in [0.29, 0.717) is 11.4 Å². The molecule has 0 spiro atoms. The number of rotatable bonds is 4. The number of nitrogens with zero attached hydrogens (tertiary/aromatic N) is 1. The minimum atomic E-state index is -0.947. The quantitative estimate of drug-likeness (QED) is 0.843. The Labute approximate surface area is 132 Å². The van der Waals surface area contributed by atoms with Gasteiger partial charge in [-0.05, 0) is 30.7 Å². The monoisotopic (exact) mass is 317 g/mol. The first-order valence-electron chi connectivity index (χ1n) is 6.84. The number of nitrogens with one attached hydrogen (secondary N) is 2. The standard InChI is InChI=1S/C16H16FN3O3/c1-10-5-6-12(17)13(8-10)20-15(22)14(21)19-9-11-4-3-7-18-16(11)23-2/h3-8H,9H2,1-2H3,(H,19,21)(H,20,22). The predicted octanol–water partition coefficient (Wildman–Crippen LogP) is 1.79. The number of carbonyl (C=O) groups is 2. The minimum absolute atomic E-state index is 0.0379. The van der Waals surface area contributed by atoms with Crippen LogP contribution in [0.25, 0.3) is 0 Å². The number of benzene rings is 1. The summed E-state index contributed by atoms with van der Waals surface area (Å²) in [7, 11) is 1.46. The van der Waals surface area contributed by atoms with Crippen LogP contribution in [0, 0.1) is 12.7 Å². The maximum atomic E-state index is 13.6. The van der Waals surface area contributed by atoms with E-state index in [1.807, 2.05) is 0 Å². The lowest BCUT2D eigenvalue weighted by molar-refractivity contribution is -0.136. The molecule has 0 radical (unpaired) electrons. The highest BCUT2D eigenvalue weighted by atomic mass is 19.1. The average Bonchev–Trinajstić information content (AvgIpc) is 2.56. The molecule has 0 fully saturated rings. The van der Waals surface area contributed by atoms with Crippen LogP contribution in [0.1, 0.15) is 11.1 Å². The fraction of sp³-hybridized carbons (Fsp3) is 0.188. The van der Waals surface area contributed by atoms with E-state index in [2.05, 4.69) is 15.6 Å². The molecule has 1 aromatic carbocycles. The Morgan fingerprint density at radius 1 is 1.26 bits per heavy atom. The maximum absolute atomic E-state index is 13.6. The lowest BCUT2D eigenvalue weighted by atomic mass is 10.2. The van der Waals surface area contributed by atoms with Gasteiger partial charge in [0.05, 0.1) is 12.8 Å². The van der Waals surface area contributed by atoms with Crippen LogP contribution in [-0.2, 0) is 16.1 Å². The number of pyridine rings is 1. The summed E-state index contributed by atoms with van der Waals surface area (Å²) in [6, 6.07) is 7.64. The number of ether oxygens (including phenoxy) is 1. The van der Waals surface area contributed by atoms with Gasteiger partial charge in [0, 0.05) is 18.3 Å². The second-order valence-electron chi connectivity index (χ2n) is 4.79. The van der Waals surface area contributed by atoms with Crippen LogP contribution in [0.3, 0.4) is 0 Å². The van der Waals surface area contributed by atoms with E-state index in [9.17, 15) is 14.0 Å². The van der Waals surface area contributed by atoms with Crippen molar-refractivity contribution in [3.63, 3.8) is 0 Å². The first-order valence-corrected chi connectivity index (χ1v) is 6.84. The predicted molar refractivity (Wildman–Crippen MR) is 82.4 cm³/mol. The molecule has 2 aromatic rings. The van der Waals surface area contributed by atoms with Crippen LogP contribution in [0.15, 0.2) is 36.5 Å². The third kappa shape index (κ3) is 4.26. The fourth-order valence-electron chi connectivity index (χ4n) is 1.91. The number of aryl methyl sites for hydroxylation is 1. The lowest BCUT2D eigenvalue weighted by Crippen LogP contribution is -2.35. The number of carbonyl (C=O) groups excluding carboxylic acids is 2. The van der Waals surface area contributed by atoms with Crippen molar-refractivity contribution < 1.29 is 18.7 Å². The molecule has 0 aliphatic heterocycles. The number of hydrogen-bond donors (Lipinski definition) is 2. The summed E-state index contributed by atoms with van der Waals surface area (Å²) < 4.78 is 18.6. The molecular weight excluding hydrogens is 301 g/mol. The topological polar surface area (TPSA) is 80.3 Å². The van der Waals surface area contributed by atoms with Gasteiger partial charge in [0.15, 0.2) is 0 Å². The van der Waals surface area contributed by atoms with E-state index in [1.54, 1.807) is 31.3 Å². The molecule has 1 heterocycles. The van der Waals surface area contributed by atoms with Crippen molar-refractivity contribution in [1.82, 2.24) is 10.3 Å². The molecular formula is C16H16FN3O3. The molecule has 0 bridgehead atoms. The molecule has 6 nitrogen and oxygen atoms in total. The molecule has 23 heavy (non-hydrogen) atoms. The van der Waals surface area contributed by atoms with Gasteiger partial charge in [0.2, 0.25) is 5.88 Å². The van der Waals surface area contributed by atoms with E-state index < -0.39 is 17.6 Å². The molecule has 1 aromatic heterocycles. The molecule has 2 N–H and O–H groups in total. The van der Waals surface area contributed by atoms with Gasteiger partial charge in [-0.15, -0.1) is 0 Å². The van der Waals surface area contributed by atoms with Crippen molar-refractivity contribution in [2.75, 3.05) is 12.4 Å². The zero-order valence-corrected chi connectivity index (χ0v) is 12.7. The van der Waals surface area contributed by atoms with E-state index in [4.69, 9.17) is 4.74 Å². The Bertz CT molecular complexity index is 734. The molecule has 0 saturated carbocycles. The van der Waals surface area contributed by atoms with Crippen LogP contribution in [0.5, 0.6) is 5.88 Å². The Morgan fingerprint density at radius 2 is 2.04 bits per heavy atom. The number of methoxy groups -OCH3 is 1. The van der Waals surface area contributed by atoms with Crippen LogP contribution in [-0.4, -0.2) is 23.9 Å². The normalized spacial score (nSPS) is 10.0. The van der Waals surface area contributed by atoms with E-state index in [1.165, 1.54) is 19.2 Å².